The number of hydrogen-bond acceptors (Lipinski definition) is 6. The Morgan fingerprint density at radius 3 is 3.04 bits per heavy atom. The van der Waals surface area contributed by atoms with E-state index in [2.05, 4.69) is 20.3 Å². The van der Waals surface area contributed by atoms with Crippen LogP contribution in [0.2, 0.25) is 5.02 Å². The first-order valence-corrected chi connectivity index (χ1v) is 10.1. The number of carbonyl (C=O) groups is 1. The van der Waals surface area contributed by atoms with E-state index in [1.165, 1.54) is 18.0 Å². The fourth-order valence-corrected chi connectivity index (χ4v) is 5.46. The molecular formula is C13H15ClN4O3S2. The van der Waals surface area contributed by atoms with Gasteiger partial charge < -0.3 is 10.3 Å². The lowest BCUT2D eigenvalue weighted by molar-refractivity contribution is -0.120. The Balaban J connectivity index is 1.60. The first-order valence-electron chi connectivity index (χ1n) is 6.90. The first kappa shape index (κ1) is 16.5. The third-order valence-electron chi connectivity index (χ3n) is 3.57. The molecule has 1 fully saturated rings. The Morgan fingerprint density at radius 1 is 1.57 bits per heavy atom. The first-order chi connectivity index (χ1) is 10.7. The van der Waals surface area contributed by atoms with E-state index in [9.17, 15) is 13.2 Å². The number of carbonyl (C=O) groups excluding carboxylic acids is 1. The van der Waals surface area contributed by atoms with Crippen LogP contribution in [0.15, 0.2) is 17.4 Å². The minimum absolute atomic E-state index is 0.0105. The average molecular weight is 375 g/mol. The molecule has 7 nitrogen and oxygen atoms in total. The van der Waals surface area contributed by atoms with Crippen molar-refractivity contribution >= 4 is 50.3 Å². The lowest BCUT2D eigenvalue weighted by Gasteiger charge is -2.23. The third kappa shape index (κ3) is 3.96. The highest BCUT2D eigenvalue weighted by atomic mass is 35.5. The lowest BCUT2D eigenvalue weighted by Crippen LogP contribution is -2.47. The molecule has 23 heavy (non-hydrogen) atoms. The van der Waals surface area contributed by atoms with Crippen LogP contribution in [-0.4, -0.2) is 52.1 Å². The number of hydrogen-bond donors (Lipinski definition) is 2. The maximum absolute atomic E-state index is 12.1. The summed E-state index contributed by atoms with van der Waals surface area (Å²) in [5.74, 6) is 0.0283. The molecule has 0 unspecified atom stereocenters. The number of nitrogens with one attached hydrogen (secondary N) is 2. The summed E-state index contributed by atoms with van der Waals surface area (Å²) in [7, 11) is -3.05. The Labute approximate surface area is 142 Å². The van der Waals surface area contributed by atoms with Crippen LogP contribution in [0.3, 0.4) is 0 Å². The number of halogens is 1. The van der Waals surface area contributed by atoms with Gasteiger partial charge in [-0.3, -0.25) is 4.79 Å². The monoisotopic (exact) mass is 374 g/mol. The van der Waals surface area contributed by atoms with Gasteiger partial charge in [-0.2, -0.15) is 0 Å². The molecular weight excluding hydrogens is 360 g/mol. The van der Waals surface area contributed by atoms with Crippen molar-refractivity contribution in [3.63, 3.8) is 0 Å². The maximum atomic E-state index is 12.1. The summed E-state index contributed by atoms with van der Waals surface area (Å²) in [5, 5.41) is 3.88. The number of imidazole rings is 1. The van der Waals surface area contributed by atoms with Crippen LogP contribution in [0.4, 0.5) is 0 Å². The van der Waals surface area contributed by atoms with Crippen LogP contribution < -0.4 is 5.32 Å². The predicted molar refractivity (Wildman–Crippen MR) is 89.4 cm³/mol. The van der Waals surface area contributed by atoms with Gasteiger partial charge >= 0.3 is 0 Å². The zero-order valence-corrected chi connectivity index (χ0v) is 14.7. The SMILES string of the molecule is C[C@]1(NC(=O)CSc2nc3ncc(Cl)cc3[nH]2)CCS(=O)(=O)C1. The molecule has 3 heterocycles. The van der Waals surface area contributed by atoms with E-state index in [1.807, 2.05) is 0 Å². The molecule has 2 aromatic rings. The molecule has 0 bridgehead atoms. The van der Waals surface area contributed by atoms with E-state index in [-0.39, 0.29) is 23.2 Å². The smallest absolute Gasteiger partial charge is 0.230 e. The lowest BCUT2D eigenvalue weighted by atomic mass is 10.0. The number of aromatic nitrogens is 3. The predicted octanol–water partition coefficient (Wildman–Crippen LogP) is 1.40. The van der Waals surface area contributed by atoms with Crippen molar-refractivity contribution in [3.8, 4) is 0 Å². The van der Waals surface area contributed by atoms with Gasteiger partial charge in [0.2, 0.25) is 5.91 Å². The molecule has 0 aromatic carbocycles. The number of aromatic amines is 1. The van der Waals surface area contributed by atoms with Crippen LogP contribution in [0.25, 0.3) is 11.2 Å². The standard InChI is InChI=1S/C13H15ClN4O3S2/c1-13(2-3-23(20,21)7-13)18-10(19)6-22-12-16-9-4-8(14)5-15-11(9)17-12/h4-5H,2-3,6-7H2,1H3,(H,18,19)(H,15,16,17)/t13-/m0/s1. The number of thioether (sulfide) groups is 1. The van der Waals surface area contributed by atoms with Crippen LogP contribution >= 0.6 is 23.4 Å². The molecule has 1 atom stereocenters. The highest BCUT2D eigenvalue weighted by Crippen LogP contribution is 2.24. The van der Waals surface area contributed by atoms with Gasteiger partial charge in [0.05, 0.1) is 33.3 Å². The zero-order valence-electron chi connectivity index (χ0n) is 12.3. The van der Waals surface area contributed by atoms with Crippen molar-refractivity contribution in [3.05, 3.63) is 17.3 Å². The van der Waals surface area contributed by atoms with E-state index < -0.39 is 15.4 Å². The topological polar surface area (TPSA) is 105 Å². The molecule has 0 radical (unpaired) electrons. The summed E-state index contributed by atoms with van der Waals surface area (Å²) >= 11 is 7.09. The maximum Gasteiger partial charge on any atom is 0.230 e. The summed E-state index contributed by atoms with van der Waals surface area (Å²) in [6.45, 7) is 1.76. The number of sulfone groups is 1. The second-order valence-corrected chi connectivity index (χ2v) is 9.39. The van der Waals surface area contributed by atoms with E-state index >= 15 is 0 Å². The Kier molecular flexibility index (Phi) is 4.28. The summed E-state index contributed by atoms with van der Waals surface area (Å²) in [4.78, 5) is 23.4. The quantitative estimate of drug-likeness (QED) is 0.784. The molecule has 1 amide bonds. The highest BCUT2D eigenvalue weighted by molar-refractivity contribution is 7.99. The fraction of sp³-hybridized carbons (Fsp3) is 0.462. The van der Waals surface area contributed by atoms with Gasteiger partial charge in [0.15, 0.2) is 20.6 Å². The third-order valence-corrected chi connectivity index (χ3v) is 6.55. The van der Waals surface area contributed by atoms with Gasteiger partial charge in [-0.15, -0.1) is 0 Å². The Bertz CT molecular complexity index is 867. The molecule has 10 heteroatoms. The van der Waals surface area contributed by atoms with Crippen LogP contribution in [0, 0.1) is 0 Å². The van der Waals surface area contributed by atoms with Gasteiger partial charge in [0.1, 0.15) is 0 Å². The fourth-order valence-electron chi connectivity index (χ4n) is 2.54. The second-order valence-electron chi connectivity index (χ2n) is 5.81. The molecule has 0 spiro atoms. The van der Waals surface area contributed by atoms with Gasteiger partial charge in [-0.05, 0) is 19.4 Å². The number of H-pyrrole nitrogens is 1. The minimum atomic E-state index is -3.05. The van der Waals surface area contributed by atoms with Crippen molar-refractivity contribution in [1.29, 1.82) is 0 Å². The summed E-state index contributed by atoms with van der Waals surface area (Å²) in [5.41, 5.74) is 0.555. The molecule has 1 saturated heterocycles. The van der Waals surface area contributed by atoms with Crippen LogP contribution in [0.5, 0.6) is 0 Å². The molecule has 1 aliphatic heterocycles. The summed E-state index contributed by atoms with van der Waals surface area (Å²) < 4.78 is 23.1. The van der Waals surface area contributed by atoms with Gasteiger partial charge in [-0.25, -0.2) is 18.4 Å². The van der Waals surface area contributed by atoms with Crippen molar-refractivity contribution in [1.82, 2.24) is 20.3 Å². The van der Waals surface area contributed by atoms with E-state index in [4.69, 9.17) is 11.6 Å². The molecule has 1 aliphatic rings. The van der Waals surface area contributed by atoms with E-state index in [0.29, 0.717) is 27.8 Å². The van der Waals surface area contributed by atoms with Gasteiger partial charge in [0.25, 0.3) is 0 Å². The van der Waals surface area contributed by atoms with Gasteiger partial charge in [0, 0.05) is 6.20 Å². The number of pyridine rings is 1. The molecule has 2 N–H and O–H groups in total. The molecule has 3 rings (SSSR count). The van der Waals surface area contributed by atoms with Crippen molar-refractivity contribution in [2.45, 2.75) is 24.0 Å². The zero-order chi connectivity index (χ0) is 16.7. The van der Waals surface area contributed by atoms with Crippen molar-refractivity contribution in [2.75, 3.05) is 17.3 Å². The van der Waals surface area contributed by atoms with Crippen LogP contribution in [0.1, 0.15) is 13.3 Å². The van der Waals surface area contributed by atoms with E-state index in [0.717, 1.165) is 0 Å². The normalized spacial score (nSPS) is 23.2. The minimum Gasteiger partial charge on any atom is -0.349 e. The molecule has 124 valence electrons. The highest BCUT2D eigenvalue weighted by Gasteiger charge is 2.39. The number of fused-ring (bicyclic) bond motifs is 1. The molecule has 2 aromatic heterocycles. The Hall–Kier alpha value is -1.32. The van der Waals surface area contributed by atoms with Gasteiger partial charge in [-0.1, -0.05) is 23.4 Å². The summed E-state index contributed by atoms with van der Waals surface area (Å²) in [6, 6.07) is 1.71. The van der Waals surface area contributed by atoms with E-state index in [1.54, 1.807) is 13.0 Å². The molecule has 0 aliphatic carbocycles. The Morgan fingerprint density at radius 2 is 2.35 bits per heavy atom. The number of amides is 1. The van der Waals surface area contributed by atoms with Crippen LogP contribution in [-0.2, 0) is 14.6 Å². The number of rotatable bonds is 4. The largest absolute Gasteiger partial charge is 0.349 e. The number of nitrogens with zero attached hydrogens (tertiary/aromatic N) is 2. The van der Waals surface area contributed by atoms with Crippen molar-refractivity contribution in [2.24, 2.45) is 0 Å². The molecule has 0 saturated carbocycles. The summed E-state index contributed by atoms with van der Waals surface area (Å²) in [6.07, 6.45) is 1.95. The second kappa shape index (κ2) is 5.95. The van der Waals surface area contributed by atoms with Crippen molar-refractivity contribution < 1.29 is 13.2 Å². The average Bonchev–Trinajstić information content (AvgIpc) is 2.96.